The highest BCUT2D eigenvalue weighted by Gasteiger charge is 2.24. The Morgan fingerprint density at radius 1 is 1.00 bits per heavy atom. The van der Waals surface area contributed by atoms with Crippen molar-refractivity contribution >= 4 is 5.96 Å². The first-order valence-corrected chi connectivity index (χ1v) is 9.08. The quantitative estimate of drug-likeness (QED) is 0.643. The lowest BCUT2D eigenvalue weighted by Gasteiger charge is -2.27. The zero-order chi connectivity index (χ0) is 14.9. The predicted molar refractivity (Wildman–Crippen MR) is 90.3 cm³/mol. The lowest BCUT2D eigenvalue weighted by Crippen LogP contribution is -2.41. The number of unbranched alkanes of at least 4 members (excludes halogenated alkanes) is 2. The molecule has 1 atom stereocenters. The maximum Gasteiger partial charge on any atom is 0.191 e. The predicted octanol–water partition coefficient (Wildman–Crippen LogP) is 2.86. The van der Waals surface area contributed by atoms with E-state index in [0.29, 0.717) is 6.04 Å². The van der Waals surface area contributed by atoms with E-state index in [4.69, 9.17) is 11.5 Å². The van der Waals surface area contributed by atoms with Gasteiger partial charge in [0.15, 0.2) is 5.96 Å². The number of guanidine groups is 1. The minimum Gasteiger partial charge on any atom is -0.370 e. The number of nitrogens with zero attached hydrogens (tertiary/aromatic N) is 2. The van der Waals surface area contributed by atoms with Gasteiger partial charge in [-0.25, -0.2) is 0 Å². The van der Waals surface area contributed by atoms with Crippen LogP contribution in [0.1, 0.15) is 70.6 Å². The first-order chi connectivity index (χ1) is 10.3. The number of nitrogens with two attached hydrogens (primary N) is 2. The Kier molecular flexibility index (Phi) is 7.34. The standard InChI is InChI=1S/C17H34N4/c18-12-6-4-11-16-14-20-17(19)21(16)13-7-5-10-15-8-2-1-3-9-15/h15-16H,1-14,18H2,(H2,19,20)/t16-/m0/s1. The van der Waals surface area contributed by atoms with Gasteiger partial charge in [-0.1, -0.05) is 51.4 Å². The van der Waals surface area contributed by atoms with Crippen LogP contribution in [-0.2, 0) is 0 Å². The van der Waals surface area contributed by atoms with Gasteiger partial charge in [-0.3, -0.25) is 4.99 Å². The third-order valence-electron chi connectivity index (χ3n) is 5.18. The van der Waals surface area contributed by atoms with Gasteiger partial charge in [0, 0.05) is 6.54 Å². The molecule has 0 saturated heterocycles. The van der Waals surface area contributed by atoms with Gasteiger partial charge in [0.25, 0.3) is 0 Å². The fourth-order valence-electron chi connectivity index (χ4n) is 3.83. The highest BCUT2D eigenvalue weighted by molar-refractivity contribution is 5.80. The van der Waals surface area contributed by atoms with Crippen molar-refractivity contribution in [2.75, 3.05) is 19.6 Å². The van der Waals surface area contributed by atoms with E-state index in [0.717, 1.165) is 37.9 Å². The minimum atomic E-state index is 0.534. The summed E-state index contributed by atoms with van der Waals surface area (Å²) in [6.45, 7) is 2.78. The van der Waals surface area contributed by atoms with Crippen LogP contribution in [0.3, 0.4) is 0 Å². The molecule has 0 amide bonds. The Morgan fingerprint density at radius 2 is 1.76 bits per heavy atom. The molecule has 0 bridgehead atoms. The molecule has 21 heavy (non-hydrogen) atoms. The fraction of sp³-hybridized carbons (Fsp3) is 0.941. The highest BCUT2D eigenvalue weighted by atomic mass is 15.3. The Labute approximate surface area is 130 Å². The summed E-state index contributed by atoms with van der Waals surface area (Å²) in [6, 6.07) is 0.534. The van der Waals surface area contributed by atoms with Gasteiger partial charge >= 0.3 is 0 Å². The molecule has 1 saturated carbocycles. The maximum atomic E-state index is 6.05. The Morgan fingerprint density at radius 3 is 2.52 bits per heavy atom. The molecule has 0 unspecified atom stereocenters. The second kappa shape index (κ2) is 9.29. The summed E-state index contributed by atoms with van der Waals surface area (Å²) in [4.78, 5) is 6.78. The number of hydrogen-bond donors (Lipinski definition) is 2. The van der Waals surface area contributed by atoms with Crippen LogP contribution in [0.4, 0.5) is 0 Å². The van der Waals surface area contributed by atoms with Crippen LogP contribution in [0.5, 0.6) is 0 Å². The first kappa shape index (κ1) is 16.6. The van der Waals surface area contributed by atoms with E-state index in [2.05, 4.69) is 9.89 Å². The molecule has 1 heterocycles. The van der Waals surface area contributed by atoms with Crippen molar-refractivity contribution in [2.45, 2.75) is 76.7 Å². The topological polar surface area (TPSA) is 67.6 Å². The van der Waals surface area contributed by atoms with Crippen LogP contribution in [0.15, 0.2) is 4.99 Å². The molecule has 2 rings (SSSR count). The van der Waals surface area contributed by atoms with Crippen LogP contribution in [0, 0.1) is 5.92 Å². The second-order valence-corrected chi connectivity index (χ2v) is 6.83. The molecule has 2 aliphatic rings. The van der Waals surface area contributed by atoms with Gasteiger partial charge in [0.05, 0.1) is 12.6 Å². The number of aliphatic imine (C=N–C) groups is 1. The summed E-state index contributed by atoms with van der Waals surface area (Å²) in [5.74, 6) is 1.77. The summed E-state index contributed by atoms with van der Waals surface area (Å²) < 4.78 is 0. The number of rotatable bonds is 9. The molecule has 1 fully saturated rings. The molecule has 4 N–H and O–H groups in total. The highest BCUT2D eigenvalue weighted by Crippen LogP contribution is 2.28. The molecular formula is C17H34N4. The summed E-state index contributed by atoms with van der Waals surface area (Å²) in [5.41, 5.74) is 11.6. The van der Waals surface area contributed by atoms with Gasteiger partial charge in [0.1, 0.15) is 0 Å². The molecule has 4 nitrogen and oxygen atoms in total. The lowest BCUT2D eigenvalue weighted by atomic mass is 9.86. The molecule has 4 heteroatoms. The average Bonchev–Trinajstić information content (AvgIpc) is 2.86. The number of hydrogen-bond acceptors (Lipinski definition) is 4. The van der Waals surface area contributed by atoms with Crippen molar-refractivity contribution in [3.63, 3.8) is 0 Å². The van der Waals surface area contributed by atoms with E-state index in [1.54, 1.807) is 0 Å². The third kappa shape index (κ3) is 5.50. The smallest absolute Gasteiger partial charge is 0.191 e. The normalized spacial score (nSPS) is 23.6. The molecular weight excluding hydrogens is 260 g/mol. The fourth-order valence-corrected chi connectivity index (χ4v) is 3.83. The van der Waals surface area contributed by atoms with E-state index in [1.807, 2.05) is 0 Å². The summed E-state index contributed by atoms with van der Waals surface area (Å²) in [5, 5.41) is 0. The summed E-state index contributed by atoms with van der Waals surface area (Å²) >= 11 is 0. The van der Waals surface area contributed by atoms with Crippen molar-refractivity contribution in [1.82, 2.24) is 4.90 Å². The van der Waals surface area contributed by atoms with Gasteiger partial charge in [-0.15, -0.1) is 0 Å². The molecule has 0 spiro atoms. The second-order valence-electron chi connectivity index (χ2n) is 6.83. The molecule has 0 aromatic carbocycles. The summed E-state index contributed by atoms with van der Waals surface area (Å²) in [6.07, 6.45) is 14.8. The van der Waals surface area contributed by atoms with E-state index in [9.17, 15) is 0 Å². The van der Waals surface area contributed by atoms with Gasteiger partial charge in [0.2, 0.25) is 0 Å². The largest absolute Gasteiger partial charge is 0.370 e. The van der Waals surface area contributed by atoms with Crippen molar-refractivity contribution in [1.29, 1.82) is 0 Å². The molecule has 1 aliphatic heterocycles. The SMILES string of the molecule is NCCCC[C@H]1CN=C(N)N1CCCCC1CCCCC1. The molecule has 0 radical (unpaired) electrons. The van der Waals surface area contributed by atoms with Crippen molar-refractivity contribution in [3.05, 3.63) is 0 Å². The molecule has 0 aromatic heterocycles. The van der Waals surface area contributed by atoms with Crippen LogP contribution >= 0.6 is 0 Å². The monoisotopic (exact) mass is 294 g/mol. The van der Waals surface area contributed by atoms with E-state index < -0.39 is 0 Å². The van der Waals surface area contributed by atoms with Crippen LogP contribution in [-0.4, -0.2) is 36.5 Å². The van der Waals surface area contributed by atoms with Gasteiger partial charge < -0.3 is 16.4 Å². The zero-order valence-corrected chi connectivity index (χ0v) is 13.6. The Bertz CT molecular complexity index is 310. The Hall–Kier alpha value is -0.770. The van der Waals surface area contributed by atoms with Crippen LogP contribution in [0.25, 0.3) is 0 Å². The van der Waals surface area contributed by atoms with Crippen LogP contribution < -0.4 is 11.5 Å². The minimum absolute atomic E-state index is 0.534. The zero-order valence-electron chi connectivity index (χ0n) is 13.6. The van der Waals surface area contributed by atoms with Gasteiger partial charge in [-0.2, -0.15) is 0 Å². The van der Waals surface area contributed by atoms with E-state index >= 15 is 0 Å². The first-order valence-electron chi connectivity index (χ1n) is 9.08. The van der Waals surface area contributed by atoms with Crippen molar-refractivity contribution in [3.8, 4) is 0 Å². The van der Waals surface area contributed by atoms with Crippen molar-refractivity contribution < 1.29 is 0 Å². The maximum absolute atomic E-state index is 6.05. The van der Waals surface area contributed by atoms with Crippen LogP contribution in [0.2, 0.25) is 0 Å². The molecule has 1 aliphatic carbocycles. The average molecular weight is 294 g/mol. The molecule has 122 valence electrons. The molecule has 0 aromatic rings. The van der Waals surface area contributed by atoms with Crippen molar-refractivity contribution in [2.24, 2.45) is 22.4 Å². The van der Waals surface area contributed by atoms with Gasteiger partial charge in [-0.05, 0) is 31.7 Å². The lowest BCUT2D eigenvalue weighted by molar-refractivity contribution is 0.292. The Balaban J connectivity index is 1.61. The van der Waals surface area contributed by atoms with E-state index in [1.165, 1.54) is 64.2 Å². The van der Waals surface area contributed by atoms with E-state index in [-0.39, 0.29) is 0 Å². The summed E-state index contributed by atoms with van der Waals surface area (Å²) in [7, 11) is 0. The third-order valence-corrected chi connectivity index (χ3v) is 5.18.